The number of benzene rings is 2. The van der Waals surface area contributed by atoms with Gasteiger partial charge >= 0.3 is 5.97 Å². The van der Waals surface area contributed by atoms with E-state index in [1.54, 1.807) is 0 Å². The van der Waals surface area contributed by atoms with Gasteiger partial charge in [-0.25, -0.2) is 14.2 Å². The largest absolute Gasteiger partial charge is 0.478 e. The molecule has 0 radical (unpaired) electrons. The number of halogens is 1. The van der Waals surface area contributed by atoms with Gasteiger partial charge in [-0.05, 0) is 73.3 Å². The van der Waals surface area contributed by atoms with Gasteiger partial charge in [0.25, 0.3) is 0 Å². The molecule has 0 atom stereocenters. The molecule has 2 aromatic heterocycles. The second kappa shape index (κ2) is 9.80. The van der Waals surface area contributed by atoms with Crippen LogP contribution in [0, 0.1) is 11.2 Å². The predicted molar refractivity (Wildman–Crippen MR) is 162 cm³/mol. The first-order valence-corrected chi connectivity index (χ1v) is 14.9. The Morgan fingerprint density at radius 2 is 1.85 bits per heavy atom. The van der Waals surface area contributed by atoms with Crippen LogP contribution in [-0.2, 0) is 0 Å². The van der Waals surface area contributed by atoms with E-state index in [1.807, 2.05) is 18.2 Å². The number of aromatic nitrogens is 2. The van der Waals surface area contributed by atoms with Crippen LogP contribution in [0.1, 0.15) is 77.3 Å². The number of aromatic carboxylic acids is 1. The Labute approximate surface area is 241 Å². The Hall–Kier alpha value is -4.04. The van der Waals surface area contributed by atoms with Gasteiger partial charge in [-0.1, -0.05) is 65.6 Å². The topological polar surface area (TPSA) is 79.5 Å². The lowest BCUT2D eigenvalue weighted by Gasteiger charge is -2.49. The lowest BCUT2D eigenvalue weighted by Crippen LogP contribution is -2.44. The number of carboxylic acids is 1. The molecule has 1 aliphatic heterocycles. The van der Waals surface area contributed by atoms with Crippen molar-refractivity contribution in [2.75, 3.05) is 18.0 Å². The van der Waals surface area contributed by atoms with Gasteiger partial charge in [0.1, 0.15) is 17.0 Å². The van der Waals surface area contributed by atoms with Crippen molar-refractivity contribution in [2.45, 2.75) is 44.4 Å². The predicted octanol–water partition coefficient (Wildman–Crippen LogP) is 8.42. The summed E-state index contributed by atoms with van der Waals surface area (Å²) < 4.78 is 21.0. The fraction of sp³-hybridized carbons (Fsp3) is 0.303. The minimum absolute atomic E-state index is 0.0499. The van der Waals surface area contributed by atoms with E-state index in [4.69, 9.17) is 4.52 Å². The van der Waals surface area contributed by atoms with Crippen molar-refractivity contribution >= 4 is 50.9 Å². The maximum atomic E-state index is 14.5. The first-order valence-electron chi connectivity index (χ1n) is 14.0. The first-order chi connectivity index (χ1) is 19.9. The normalized spacial score (nSPS) is 18.0. The minimum atomic E-state index is -1.14. The Bertz CT molecular complexity index is 1720. The van der Waals surface area contributed by atoms with Crippen LogP contribution in [0.4, 0.5) is 9.52 Å². The van der Waals surface area contributed by atoms with Crippen molar-refractivity contribution in [1.29, 1.82) is 0 Å². The molecule has 2 aliphatic carbocycles. The van der Waals surface area contributed by atoms with E-state index in [9.17, 15) is 14.3 Å². The third kappa shape index (κ3) is 4.50. The standard InChI is InChI=1S/C33H30FN3O3S/c1-3-20-6-5-7-21(4-2)27(20)28-24(30(40-36-28)22-8-9-22)14-19-17-33(18-19)10-12-37(13-11-33)32-35-29-25(34)15-23(31(38)39)16-26(29)41-32/h3-7,14-16,22H,1-2,8-13,17-18H2,(H,38,39). The number of nitrogens with zero attached hydrogens (tertiary/aromatic N) is 3. The number of hydrogen-bond donors (Lipinski definition) is 1. The zero-order valence-corrected chi connectivity index (χ0v) is 23.5. The van der Waals surface area contributed by atoms with Gasteiger partial charge in [-0.15, -0.1) is 0 Å². The molecule has 2 saturated carbocycles. The number of piperidine rings is 1. The van der Waals surface area contributed by atoms with Gasteiger partial charge in [-0.3, -0.25) is 0 Å². The summed E-state index contributed by atoms with van der Waals surface area (Å²) in [5.74, 6) is -0.290. The number of thiazole rings is 1. The lowest BCUT2D eigenvalue weighted by atomic mass is 9.60. The smallest absolute Gasteiger partial charge is 0.335 e. The van der Waals surface area contributed by atoms with Crippen LogP contribution in [0.25, 0.3) is 39.7 Å². The summed E-state index contributed by atoms with van der Waals surface area (Å²) in [5, 5.41) is 14.6. The van der Waals surface area contributed by atoms with E-state index in [0.717, 1.165) is 96.5 Å². The summed E-state index contributed by atoms with van der Waals surface area (Å²) in [6.45, 7) is 9.74. The minimum Gasteiger partial charge on any atom is -0.478 e. The molecule has 208 valence electrons. The van der Waals surface area contributed by atoms with Crippen molar-refractivity contribution in [2.24, 2.45) is 5.41 Å². The zero-order valence-electron chi connectivity index (χ0n) is 22.7. The lowest BCUT2D eigenvalue weighted by molar-refractivity contribution is 0.0696. The molecule has 4 aromatic rings. The molecule has 41 heavy (non-hydrogen) atoms. The number of carbonyl (C=O) groups is 1. The van der Waals surface area contributed by atoms with Crippen LogP contribution in [0.3, 0.4) is 0 Å². The number of allylic oxidation sites excluding steroid dienone is 1. The fourth-order valence-electron chi connectivity index (χ4n) is 6.45. The van der Waals surface area contributed by atoms with Crippen molar-refractivity contribution in [1.82, 2.24) is 10.1 Å². The molecule has 8 heteroatoms. The molecule has 6 nitrogen and oxygen atoms in total. The van der Waals surface area contributed by atoms with Crippen molar-refractivity contribution < 1.29 is 18.8 Å². The molecule has 1 saturated heterocycles. The molecule has 1 spiro atoms. The maximum absolute atomic E-state index is 14.5. The highest BCUT2D eigenvalue weighted by molar-refractivity contribution is 7.22. The van der Waals surface area contributed by atoms with Crippen molar-refractivity contribution in [3.63, 3.8) is 0 Å². The monoisotopic (exact) mass is 567 g/mol. The van der Waals surface area contributed by atoms with Gasteiger partial charge in [0, 0.05) is 30.1 Å². The van der Waals surface area contributed by atoms with Gasteiger partial charge in [-0.2, -0.15) is 0 Å². The van der Waals surface area contributed by atoms with Crippen LogP contribution in [0.2, 0.25) is 0 Å². The third-order valence-corrected chi connectivity index (χ3v) is 9.90. The third-order valence-electron chi connectivity index (χ3n) is 8.84. The van der Waals surface area contributed by atoms with Crippen LogP contribution in [0.15, 0.2) is 53.6 Å². The van der Waals surface area contributed by atoms with Gasteiger partial charge in [0.2, 0.25) is 0 Å². The fourth-order valence-corrected chi connectivity index (χ4v) is 7.52. The van der Waals surface area contributed by atoms with Crippen LogP contribution < -0.4 is 4.90 Å². The molecule has 1 N–H and O–H groups in total. The summed E-state index contributed by atoms with van der Waals surface area (Å²) >= 11 is 1.36. The van der Waals surface area contributed by atoms with E-state index < -0.39 is 11.8 Å². The van der Waals surface area contributed by atoms with Crippen molar-refractivity contribution in [3.8, 4) is 11.3 Å². The molecular weight excluding hydrogens is 537 g/mol. The second-order valence-corrected chi connectivity index (χ2v) is 12.6. The Morgan fingerprint density at radius 3 is 2.49 bits per heavy atom. The highest BCUT2D eigenvalue weighted by atomic mass is 32.1. The van der Waals surface area contributed by atoms with Crippen molar-refractivity contribution in [3.05, 3.63) is 82.9 Å². The summed E-state index contributed by atoms with van der Waals surface area (Å²) in [4.78, 5) is 18.1. The number of fused-ring (bicyclic) bond motifs is 1. The van der Waals surface area contributed by atoms with Crippen LogP contribution in [0.5, 0.6) is 0 Å². The highest BCUT2D eigenvalue weighted by Gasteiger charge is 2.44. The first kappa shape index (κ1) is 25.9. The molecule has 3 aliphatic rings. The summed E-state index contributed by atoms with van der Waals surface area (Å²) in [7, 11) is 0. The van der Waals surface area contributed by atoms with Crippen LogP contribution >= 0.6 is 11.3 Å². The highest BCUT2D eigenvalue weighted by Crippen LogP contribution is 2.54. The van der Waals surface area contributed by atoms with E-state index in [0.29, 0.717) is 10.6 Å². The number of hydrogen-bond acceptors (Lipinski definition) is 6. The average molecular weight is 568 g/mol. The Morgan fingerprint density at radius 1 is 1.15 bits per heavy atom. The Kier molecular flexibility index (Phi) is 6.19. The molecule has 0 amide bonds. The van der Waals surface area contributed by atoms with E-state index >= 15 is 0 Å². The average Bonchev–Trinajstić information content (AvgIpc) is 3.57. The van der Waals surface area contributed by atoms with E-state index in [1.165, 1.54) is 23.0 Å². The van der Waals surface area contributed by atoms with E-state index in [-0.39, 0.29) is 16.5 Å². The molecular formula is C33H30FN3O3S. The number of carboxylic acid groups (broad SMARTS) is 1. The SMILES string of the molecule is C=Cc1cccc(C=C)c1-c1noc(C2CC2)c1C=C1CC2(CCN(c3nc4c(F)cc(C(=O)O)cc4s3)CC2)C1. The molecule has 0 unspecified atom stereocenters. The summed E-state index contributed by atoms with van der Waals surface area (Å²) in [6, 6.07) is 8.67. The quantitative estimate of drug-likeness (QED) is 0.241. The van der Waals surface area contributed by atoms with Gasteiger partial charge in [0.05, 0.1) is 10.3 Å². The number of rotatable bonds is 7. The van der Waals surface area contributed by atoms with Crippen LogP contribution in [-0.4, -0.2) is 34.3 Å². The Balaban J connectivity index is 1.10. The molecule has 3 fully saturated rings. The molecule has 0 bridgehead atoms. The molecule has 3 heterocycles. The maximum Gasteiger partial charge on any atom is 0.335 e. The summed E-state index contributed by atoms with van der Waals surface area (Å²) in [5.41, 5.74) is 6.91. The zero-order chi connectivity index (χ0) is 28.3. The molecule has 2 aromatic carbocycles. The van der Waals surface area contributed by atoms with E-state index in [2.05, 4.69) is 46.4 Å². The van der Waals surface area contributed by atoms with Gasteiger partial charge < -0.3 is 14.5 Å². The van der Waals surface area contributed by atoms with Gasteiger partial charge in [0.15, 0.2) is 10.9 Å². The number of anilines is 1. The molecule has 7 rings (SSSR count). The summed E-state index contributed by atoms with van der Waals surface area (Å²) in [6.07, 6.45) is 12.5. The second-order valence-electron chi connectivity index (χ2n) is 11.6.